The Bertz CT molecular complexity index is 883. The van der Waals surface area contributed by atoms with E-state index in [1.807, 2.05) is 13.0 Å². The van der Waals surface area contributed by atoms with Crippen LogP contribution in [0.15, 0.2) is 51.4 Å². The fraction of sp³-hybridized carbons (Fsp3) is 0.520. The predicted molar refractivity (Wildman–Crippen MR) is 137 cm³/mol. The molecule has 0 aromatic heterocycles. The summed E-state index contributed by atoms with van der Waals surface area (Å²) in [7, 11) is 0. The summed E-state index contributed by atoms with van der Waals surface area (Å²) in [4.78, 5) is 6.97. The van der Waals surface area contributed by atoms with Crippen LogP contribution in [0.25, 0.3) is 0 Å². The molecule has 1 aromatic rings. The first-order valence-electron chi connectivity index (χ1n) is 11.9. The monoisotopic (exact) mass is 490 g/mol. The zero-order valence-corrected chi connectivity index (χ0v) is 21.1. The lowest BCUT2D eigenvalue weighted by Gasteiger charge is -2.33. The first kappa shape index (κ1) is 27.5. The highest BCUT2D eigenvalue weighted by Crippen LogP contribution is 2.42. The van der Waals surface area contributed by atoms with Crippen LogP contribution >= 0.6 is 11.6 Å². The molecule has 7 nitrogen and oxygen atoms in total. The number of anilines is 1. The lowest BCUT2D eigenvalue weighted by Crippen LogP contribution is -2.33. The lowest BCUT2D eigenvalue weighted by atomic mass is 9.92. The van der Waals surface area contributed by atoms with E-state index in [-0.39, 0.29) is 5.75 Å². The summed E-state index contributed by atoms with van der Waals surface area (Å²) in [5.41, 5.74) is 7.05. The maximum atomic E-state index is 13.3. The van der Waals surface area contributed by atoms with Gasteiger partial charge in [0.15, 0.2) is 11.6 Å². The van der Waals surface area contributed by atoms with E-state index in [0.29, 0.717) is 17.3 Å². The van der Waals surface area contributed by atoms with Crippen LogP contribution in [0.2, 0.25) is 0 Å². The van der Waals surface area contributed by atoms with Crippen molar-refractivity contribution in [2.75, 3.05) is 24.7 Å². The van der Waals surface area contributed by atoms with Gasteiger partial charge in [0.25, 0.3) is 0 Å². The molecule has 186 valence electrons. The van der Waals surface area contributed by atoms with Crippen LogP contribution in [0.4, 0.5) is 10.1 Å². The van der Waals surface area contributed by atoms with E-state index in [1.54, 1.807) is 13.1 Å². The van der Waals surface area contributed by atoms with Crippen molar-refractivity contribution in [3.05, 3.63) is 47.0 Å². The molecule has 0 spiro atoms. The standard InChI is InChI=1S/C16H25ClN2.C9H11FN4O/c1-3-5-16(18-12-15(17)4-2)19-10-8-14(9-11-19)13-6-7-13;1-2-15-9-4-3-7(5-8(9)10)14(6-11)13-12/h4-5,12-14H,3,6-11H2,1-2H3;3-6,11-12H,2H2,1H3/b15-4+,16-5-,18-12-;. The van der Waals surface area contributed by atoms with E-state index in [0.717, 1.165) is 54.6 Å². The van der Waals surface area contributed by atoms with Crippen molar-refractivity contribution in [1.29, 1.82) is 10.9 Å². The number of nitrogens with one attached hydrogen (secondary N) is 2. The van der Waals surface area contributed by atoms with Gasteiger partial charge in [-0.2, -0.15) is 5.53 Å². The third kappa shape index (κ3) is 8.56. The summed E-state index contributed by atoms with van der Waals surface area (Å²) in [6.07, 6.45) is 13.3. The number of allylic oxidation sites excluding steroid dienone is 3. The highest BCUT2D eigenvalue weighted by molar-refractivity contribution is 6.39. The maximum absolute atomic E-state index is 13.3. The van der Waals surface area contributed by atoms with Crippen LogP contribution in [0, 0.1) is 28.6 Å². The molecule has 34 heavy (non-hydrogen) atoms. The molecule has 0 bridgehead atoms. The van der Waals surface area contributed by atoms with E-state index >= 15 is 0 Å². The Kier molecular flexibility index (Phi) is 11.7. The molecule has 1 saturated carbocycles. The van der Waals surface area contributed by atoms with Crippen molar-refractivity contribution in [3.8, 4) is 5.75 Å². The number of benzene rings is 1. The maximum Gasteiger partial charge on any atom is 0.167 e. The molecule has 0 unspecified atom stereocenters. The van der Waals surface area contributed by atoms with Crippen molar-refractivity contribution in [2.45, 2.75) is 52.9 Å². The molecule has 2 fully saturated rings. The van der Waals surface area contributed by atoms with Gasteiger partial charge in [-0.05, 0) is 76.0 Å². The third-order valence-corrected chi connectivity index (χ3v) is 6.16. The highest BCUT2D eigenvalue weighted by Gasteiger charge is 2.33. The van der Waals surface area contributed by atoms with Gasteiger partial charge in [0, 0.05) is 25.4 Å². The molecule has 1 aromatic carbocycles. The van der Waals surface area contributed by atoms with E-state index in [1.165, 1.54) is 37.8 Å². The van der Waals surface area contributed by atoms with Crippen molar-refractivity contribution in [1.82, 2.24) is 4.90 Å². The Morgan fingerprint density at radius 1 is 1.24 bits per heavy atom. The number of halogens is 2. The summed E-state index contributed by atoms with van der Waals surface area (Å²) >= 11 is 5.99. The fourth-order valence-corrected chi connectivity index (χ4v) is 3.93. The molecule has 1 aliphatic carbocycles. The lowest BCUT2D eigenvalue weighted by molar-refractivity contribution is 0.209. The zero-order chi connectivity index (χ0) is 24.9. The van der Waals surface area contributed by atoms with Gasteiger partial charge < -0.3 is 9.64 Å². The van der Waals surface area contributed by atoms with Gasteiger partial charge in [0.05, 0.1) is 17.3 Å². The number of rotatable bonds is 10. The second-order valence-electron chi connectivity index (χ2n) is 8.19. The van der Waals surface area contributed by atoms with E-state index in [2.05, 4.69) is 28.1 Å². The molecule has 0 radical (unpaired) electrons. The summed E-state index contributed by atoms with van der Waals surface area (Å²) in [6, 6.07) is 4.13. The molecule has 0 atom stereocenters. The Morgan fingerprint density at radius 3 is 2.41 bits per heavy atom. The Hall–Kier alpha value is -2.74. The number of likely N-dealkylation sites (tertiary alicyclic amines) is 1. The number of piperidine rings is 1. The normalized spacial score (nSPS) is 17.3. The smallest absolute Gasteiger partial charge is 0.167 e. The van der Waals surface area contributed by atoms with Crippen LogP contribution in [0.5, 0.6) is 5.75 Å². The Balaban J connectivity index is 0.000000248. The van der Waals surface area contributed by atoms with Gasteiger partial charge in [0.2, 0.25) is 0 Å². The third-order valence-electron chi connectivity index (χ3n) is 5.84. The van der Waals surface area contributed by atoms with Crippen molar-refractivity contribution >= 4 is 29.8 Å². The molecule has 1 aliphatic heterocycles. The first-order valence-corrected chi connectivity index (χ1v) is 12.3. The van der Waals surface area contributed by atoms with Gasteiger partial charge in [-0.25, -0.2) is 14.4 Å². The zero-order valence-electron chi connectivity index (χ0n) is 20.3. The molecule has 2 aliphatic rings. The Morgan fingerprint density at radius 2 is 1.91 bits per heavy atom. The molecular weight excluding hydrogens is 455 g/mol. The van der Waals surface area contributed by atoms with E-state index in [4.69, 9.17) is 27.3 Å². The molecule has 1 saturated heterocycles. The summed E-state index contributed by atoms with van der Waals surface area (Å²) in [5.74, 6) is 2.72. The minimum absolute atomic E-state index is 0.149. The van der Waals surface area contributed by atoms with E-state index < -0.39 is 5.82 Å². The number of hydrogen-bond donors (Lipinski definition) is 2. The van der Waals surface area contributed by atoms with Gasteiger partial charge in [0.1, 0.15) is 12.2 Å². The summed E-state index contributed by atoms with van der Waals surface area (Å²) < 4.78 is 18.4. The number of nitrogens with zero attached hydrogens (tertiary/aromatic N) is 4. The summed E-state index contributed by atoms with van der Waals surface area (Å²) in [5, 5.41) is 11.6. The Labute approximate surface area is 207 Å². The van der Waals surface area contributed by atoms with Crippen LogP contribution in [-0.2, 0) is 0 Å². The van der Waals surface area contributed by atoms with Crippen molar-refractivity contribution in [3.63, 3.8) is 0 Å². The predicted octanol–water partition coefficient (Wildman–Crippen LogP) is 7.16. The second kappa shape index (κ2) is 14.5. The minimum atomic E-state index is -0.537. The number of hydrogen-bond acceptors (Lipinski definition) is 6. The average molecular weight is 491 g/mol. The van der Waals surface area contributed by atoms with Crippen LogP contribution in [0.3, 0.4) is 0 Å². The van der Waals surface area contributed by atoms with Gasteiger partial charge in [-0.15, -0.1) is 0 Å². The summed E-state index contributed by atoms with van der Waals surface area (Å²) in [6.45, 7) is 8.53. The fourth-order valence-electron chi connectivity index (χ4n) is 3.88. The number of ether oxygens (including phenoxy) is 1. The van der Waals surface area contributed by atoms with Crippen molar-refractivity contribution in [2.24, 2.45) is 22.1 Å². The average Bonchev–Trinajstić information content (AvgIpc) is 3.70. The van der Waals surface area contributed by atoms with E-state index in [9.17, 15) is 4.39 Å². The largest absolute Gasteiger partial charge is 0.491 e. The molecule has 1 heterocycles. The first-order chi connectivity index (χ1) is 16.5. The van der Waals surface area contributed by atoms with Crippen molar-refractivity contribution < 1.29 is 9.13 Å². The molecule has 2 N–H and O–H groups in total. The SMILES string of the molecule is CCOc1ccc(N(C=N)N=N)cc1F.C\C=C(Cl)/C=N\C(=C\CC)N1CCC(C2CC2)CC1. The van der Waals surface area contributed by atoms with Gasteiger partial charge in [-0.3, -0.25) is 5.41 Å². The second-order valence-corrected chi connectivity index (χ2v) is 8.62. The molecule has 9 heteroatoms. The number of aliphatic imine (C=N–C) groups is 1. The quantitative estimate of drug-likeness (QED) is 0.158. The topological polar surface area (TPSA) is 88.1 Å². The molecule has 0 amide bonds. The van der Waals surface area contributed by atoms with Crippen LogP contribution in [-0.4, -0.2) is 37.1 Å². The highest BCUT2D eigenvalue weighted by atomic mass is 35.5. The van der Waals surface area contributed by atoms with Gasteiger partial charge >= 0.3 is 0 Å². The molecule has 3 rings (SSSR count). The van der Waals surface area contributed by atoms with Crippen LogP contribution in [0.1, 0.15) is 52.9 Å². The van der Waals surface area contributed by atoms with Gasteiger partial charge in [-0.1, -0.05) is 29.8 Å². The van der Waals surface area contributed by atoms with Crippen LogP contribution < -0.4 is 9.75 Å². The minimum Gasteiger partial charge on any atom is -0.491 e. The molecular formula is C25H36ClFN6O.